The monoisotopic (exact) mass is 321 g/mol. The summed E-state index contributed by atoms with van der Waals surface area (Å²) in [7, 11) is 1.42. The summed E-state index contributed by atoms with van der Waals surface area (Å²) in [4.78, 5) is 15.1. The molecule has 0 saturated heterocycles. The smallest absolute Gasteiger partial charge is 0.343 e. The lowest BCUT2D eigenvalue weighted by molar-refractivity contribution is -0.143. The van der Waals surface area contributed by atoms with Gasteiger partial charge in [0, 0.05) is 17.8 Å². The Morgan fingerprint density at radius 1 is 1.30 bits per heavy atom. The molecule has 0 fully saturated rings. The van der Waals surface area contributed by atoms with Gasteiger partial charge in [0.25, 0.3) is 0 Å². The van der Waals surface area contributed by atoms with Crippen molar-refractivity contribution in [2.75, 3.05) is 7.11 Å². The van der Waals surface area contributed by atoms with Gasteiger partial charge in [-0.15, -0.1) is 0 Å². The van der Waals surface area contributed by atoms with Crippen LogP contribution in [0.5, 0.6) is 5.88 Å². The zero-order valence-electron chi connectivity index (χ0n) is 13.0. The van der Waals surface area contributed by atoms with Crippen molar-refractivity contribution >= 4 is 5.97 Å². The highest BCUT2D eigenvalue weighted by molar-refractivity contribution is 5.81. The zero-order chi connectivity index (χ0) is 17.1. The number of alkyl halides is 1. The average molecular weight is 321 g/mol. The summed E-state index contributed by atoms with van der Waals surface area (Å²) in [5, 5.41) is 9.08. The largest absolute Gasteiger partial charge is 0.481 e. The molecule has 2 rings (SSSR count). The Morgan fingerprint density at radius 3 is 2.57 bits per heavy atom. The number of halogens is 2. The number of ether oxygens (including phenoxy) is 1. The number of hydrogen-bond acceptors (Lipinski definition) is 3. The maximum atomic E-state index is 14.4. The van der Waals surface area contributed by atoms with Crippen LogP contribution in [0.25, 0.3) is 11.1 Å². The van der Waals surface area contributed by atoms with E-state index in [2.05, 4.69) is 4.98 Å². The maximum absolute atomic E-state index is 14.4. The average Bonchev–Trinajstić information content (AvgIpc) is 2.53. The number of rotatable bonds is 5. The quantitative estimate of drug-likeness (QED) is 0.900. The van der Waals surface area contributed by atoms with Crippen LogP contribution in [0.1, 0.15) is 37.1 Å². The highest BCUT2D eigenvalue weighted by atomic mass is 19.1. The first-order valence-corrected chi connectivity index (χ1v) is 7.05. The van der Waals surface area contributed by atoms with Gasteiger partial charge in [-0.1, -0.05) is 13.8 Å². The molecule has 0 aliphatic rings. The first-order chi connectivity index (χ1) is 10.8. The number of carboxylic acid groups (broad SMARTS) is 1. The van der Waals surface area contributed by atoms with Gasteiger partial charge in [0.2, 0.25) is 12.1 Å². The minimum atomic E-state index is -2.25. The molecule has 0 amide bonds. The van der Waals surface area contributed by atoms with Gasteiger partial charge >= 0.3 is 5.97 Å². The highest BCUT2D eigenvalue weighted by Gasteiger charge is 2.27. The normalized spacial score (nSPS) is 12.3. The Morgan fingerprint density at radius 2 is 2.00 bits per heavy atom. The Bertz CT molecular complexity index is 732. The molecule has 1 unspecified atom stereocenters. The van der Waals surface area contributed by atoms with Crippen LogP contribution in [0.15, 0.2) is 30.5 Å². The van der Waals surface area contributed by atoms with Crippen molar-refractivity contribution in [3.63, 3.8) is 0 Å². The molecule has 1 atom stereocenters. The molecule has 4 nitrogen and oxygen atoms in total. The first kappa shape index (κ1) is 16.9. The number of hydrogen-bond donors (Lipinski definition) is 1. The van der Waals surface area contributed by atoms with E-state index in [4.69, 9.17) is 9.84 Å². The number of aromatic nitrogens is 1. The van der Waals surface area contributed by atoms with Crippen LogP contribution in [-0.4, -0.2) is 23.2 Å². The van der Waals surface area contributed by atoms with Crippen molar-refractivity contribution in [1.29, 1.82) is 0 Å². The predicted octanol–water partition coefficient (Wildman–Crippen LogP) is 4.11. The lowest BCUT2D eigenvalue weighted by Crippen LogP contribution is -2.12. The van der Waals surface area contributed by atoms with Crippen molar-refractivity contribution in [3.05, 3.63) is 47.4 Å². The summed E-state index contributed by atoms with van der Waals surface area (Å²) in [5.41, 5.74) is 0.911. The highest BCUT2D eigenvalue weighted by Crippen LogP contribution is 2.37. The molecule has 1 heterocycles. The fourth-order valence-electron chi connectivity index (χ4n) is 2.45. The molecule has 0 saturated carbocycles. The van der Waals surface area contributed by atoms with Crippen LogP contribution in [0, 0.1) is 5.82 Å². The Hall–Kier alpha value is -2.50. The van der Waals surface area contributed by atoms with Crippen molar-refractivity contribution in [2.24, 2.45) is 0 Å². The van der Waals surface area contributed by atoms with E-state index in [0.29, 0.717) is 11.1 Å². The molecule has 6 heteroatoms. The van der Waals surface area contributed by atoms with Gasteiger partial charge in [0.15, 0.2) is 0 Å². The standard InChI is InChI=1S/C17H17F2NO3/c1-9(2)12-7-11(18)8-13(15(12)16(19)17(21)22)10-4-5-20-14(6-10)23-3/h4-9,16H,1-3H3,(H,21,22). The van der Waals surface area contributed by atoms with Crippen molar-refractivity contribution in [3.8, 4) is 17.0 Å². The number of carbonyl (C=O) groups is 1. The van der Waals surface area contributed by atoms with Crippen LogP contribution in [0.2, 0.25) is 0 Å². The molecule has 0 aliphatic heterocycles. The van der Waals surface area contributed by atoms with Crippen molar-refractivity contribution in [2.45, 2.75) is 25.9 Å². The second kappa shape index (κ2) is 6.73. The van der Waals surface area contributed by atoms with Crippen LogP contribution in [0.4, 0.5) is 8.78 Å². The second-order valence-electron chi connectivity index (χ2n) is 5.40. The number of carboxylic acids is 1. The Balaban J connectivity index is 2.77. The third-order valence-electron chi connectivity index (χ3n) is 3.52. The van der Waals surface area contributed by atoms with Gasteiger partial charge in [0.05, 0.1) is 7.11 Å². The number of methoxy groups -OCH3 is 1. The van der Waals surface area contributed by atoms with Crippen LogP contribution in [0.3, 0.4) is 0 Å². The second-order valence-corrected chi connectivity index (χ2v) is 5.40. The number of aliphatic carboxylic acids is 1. The summed E-state index contributed by atoms with van der Waals surface area (Å²) in [6.07, 6.45) is -0.812. The van der Waals surface area contributed by atoms with Crippen molar-refractivity contribution in [1.82, 2.24) is 4.98 Å². The van der Waals surface area contributed by atoms with Crippen molar-refractivity contribution < 1.29 is 23.4 Å². The third-order valence-corrected chi connectivity index (χ3v) is 3.52. The summed E-state index contributed by atoms with van der Waals surface area (Å²) in [6.45, 7) is 3.51. The molecule has 1 aromatic heterocycles. The van der Waals surface area contributed by atoms with Gasteiger partial charge < -0.3 is 9.84 Å². The number of nitrogens with zero attached hydrogens (tertiary/aromatic N) is 1. The van der Waals surface area contributed by atoms with E-state index in [1.165, 1.54) is 25.4 Å². The summed E-state index contributed by atoms with van der Waals surface area (Å²) >= 11 is 0. The minimum absolute atomic E-state index is 0.0397. The molecule has 0 bridgehead atoms. The third kappa shape index (κ3) is 3.47. The molecule has 0 aliphatic carbocycles. The number of benzene rings is 1. The van der Waals surface area contributed by atoms with Gasteiger partial charge in [-0.25, -0.2) is 18.6 Å². The SMILES string of the molecule is COc1cc(-c2cc(F)cc(C(C)C)c2C(F)C(=O)O)ccn1. The Labute approximate surface area is 132 Å². The molecule has 1 N–H and O–H groups in total. The summed E-state index contributed by atoms with van der Waals surface area (Å²) < 4.78 is 33.4. The molecular weight excluding hydrogens is 304 g/mol. The Kier molecular flexibility index (Phi) is 4.93. The van der Waals surface area contributed by atoms with Gasteiger partial charge in [-0.05, 0) is 40.8 Å². The van der Waals surface area contributed by atoms with E-state index in [9.17, 15) is 13.6 Å². The van der Waals surface area contributed by atoms with Crippen LogP contribution in [-0.2, 0) is 4.79 Å². The lowest BCUT2D eigenvalue weighted by Gasteiger charge is -2.19. The first-order valence-electron chi connectivity index (χ1n) is 7.05. The topological polar surface area (TPSA) is 59.4 Å². The van der Waals surface area contributed by atoms with Crippen LogP contribution >= 0.6 is 0 Å². The van der Waals surface area contributed by atoms with E-state index in [1.54, 1.807) is 19.9 Å². The van der Waals surface area contributed by atoms with E-state index >= 15 is 0 Å². The molecule has 0 spiro atoms. The molecule has 1 aromatic carbocycles. The van der Waals surface area contributed by atoms with E-state index in [1.807, 2.05) is 0 Å². The lowest BCUT2D eigenvalue weighted by atomic mass is 9.87. The summed E-state index contributed by atoms with van der Waals surface area (Å²) in [6, 6.07) is 5.37. The minimum Gasteiger partial charge on any atom is -0.481 e. The maximum Gasteiger partial charge on any atom is 0.343 e. The zero-order valence-corrected chi connectivity index (χ0v) is 13.0. The predicted molar refractivity (Wildman–Crippen MR) is 81.8 cm³/mol. The van der Waals surface area contributed by atoms with E-state index < -0.39 is 18.0 Å². The summed E-state index contributed by atoms with van der Waals surface area (Å²) in [5.74, 6) is -2.13. The molecule has 2 aromatic rings. The van der Waals surface area contributed by atoms with Gasteiger partial charge in [-0.3, -0.25) is 0 Å². The van der Waals surface area contributed by atoms with Crippen LogP contribution < -0.4 is 4.74 Å². The molecule has 122 valence electrons. The van der Waals surface area contributed by atoms with Gasteiger partial charge in [0.1, 0.15) is 5.82 Å². The molecule has 23 heavy (non-hydrogen) atoms. The fraction of sp³-hybridized carbons (Fsp3) is 0.294. The number of pyridine rings is 1. The van der Waals surface area contributed by atoms with E-state index in [0.717, 1.165) is 6.07 Å². The fourth-order valence-corrected chi connectivity index (χ4v) is 2.45. The molecule has 0 radical (unpaired) electrons. The van der Waals surface area contributed by atoms with E-state index in [-0.39, 0.29) is 22.9 Å². The molecular formula is C17H17F2NO3. The van der Waals surface area contributed by atoms with Gasteiger partial charge in [-0.2, -0.15) is 0 Å².